The third-order valence-electron chi connectivity index (χ3n) is 3.32. The quantitative estimate of drug-likeness (QED) is 0.745. The van der Waals surface area contributed by atoms with Crippen LogP contribution in [0.25, 0.3) is 10.9 Å². The van der Waals surface area contributed by atoms with Crippen LogP contribution in [0.5, 0.6) is 0 Å². The van der Waals surface area contributed by atoms with Gasteiger partial charge in [0.2, 0.25) is 5.91 Å². The Morgan fingerprint density at radius 2 is 1.77 bits per heavy atom. The van der Waals surface area contributed by atoms with Gasteiger partial charge in [0.15, 0.2) is 0 Å². The van der Waals surface area contributed by atoms with Gasteiger partial charge in [-0.1, -0.05) is 42.5 Å². The van der Waals surface area contributed by atoms with E-state index < -0.39 is 5.63 Å². The molecule has 1 aromatic heterocycles. The minimum atomic E-state index is -0.500. The highest BCUT2D eigenvalue weighted by Gasteiger charge is 2.18. The van der Waals surface area contributed by atoms with Crippen LogP contribution in [0.15, 0.2) is 63.8 Å². The number of hydrogen-bond donors (Lipinski definition) is 0. The molecule has 0 bridgehead atoms. The number of carbonyl (C=O) groups excluding carboxylic acids is 1. The molecule has 0 N–H and O–H groups in total. The van der Waals surface area contributed by atoms with Crippen LogP contribution in [0.3, 0.4) is 0 Å². The van der Waals surface area contributed by atoms with E-state index in [9.17, 15) is 9.59 Å². The standard InChI is InChI=1S/C17H14N2O3/c1-12(20)19(11-13-7-3-2-4-8-13)17-18-15-10-6-5-9-14(15)16(21)22-17/h2-10H,11H2,1H3. The Bertz CT molecular complexity index is 872. The number of rotatable bonds is 3. The molecule has 0 fully saturated rings. The summed E-state index contributed by atoms with van der Waals surface area (Å²) in [6.45, 7) is 1.71. The first-order valence-corrected chi connectivity index (χ1v) is 6.87. The van der Waals surface area contributed by atoms with Crippen LogP contribution in [-0.2, 0) is 11.3 Å². The topological polar surface area (TPSA) is 63.4 Å². The molecule has 0 aliphatic heterocycles. The second kappa shape index (κ2) is 5.81. The molecule has 3 aromatic rings. The van der Waals surface area contributed by atoms with Crippen molar-refractivity contribution in [2.75, 3.05) is 4.90 Å². The van der Waals surface area contributed by atoms with E-state index in [1.807, 2.05) is 30.3 Å². The summed E-state index contributed by atoms with van der Waals surface area (Å²) in [5.41, 5.74) is 0.934. The molecule has 0 saturated carbocycles. The van der Waals surface area contributed by atoms with Gasteiger partial charge in [-0.05, 0) is 17.7 Å². The van der Waals surface area contributed by atoms with Gasteiger partial charge < -0.3 is 4.42 Å². The van der Waals surface area contributed by atoms with Crippen LogP contribution in [0.2, 0.25) is 0 Å². The number of carbonyl (C=O) groups is 1. The molecule has 0 unspecified atom stereocenters. The van der Waals surface area contributed by atoms with Crippen molar-refractivity contribution >= 4 is 22.8 Å². The predicted octanol–water partition coefficient (Wildman–Crippen LogP) is 2.74. The fraction of sp³-hybridized carbons (Fsp3) is 0.118. The Morgan fingerprint density at radius 1 is 1.09 bits per heavy atom. The Hall–Kier alpha value is -2.95. The maximum atomic E-state index is 12.0. The highest BCUT2D eigenvalue weighted by atomic mass is 16.4. The molecular formula is C17H14N2O3. The number of aromatic nitrogens is 1. The average molecular weight is 294 g/mol. The summed E-state index contributed by atoms with van der Waals surface area (Å²) >= 11 is 0. The molecule has 5 heteroatoms. The van der Waals surface area contributed by atoms with Crippen molar-refractivity contribution in [3.05, 3.63) is 70.6 Å². The molecule has 0 atom stereocenters. The Kier molecular flexibility index (Phi) is 3.70. The summed E-state index contributed by atoms with van der Waals surface area (Å²) in [4.78, 5) is 29.6. The molecule has 22 heavy (non-hydrogen) atoms. The fourth-order valence-corrected chi connectivity index (χ4v) is 2.20. The molecule has 0 aliphatic rings. The second-order valence-corrected chi connectivity index (χ2v) is 4.89. The van der Waals surface area contributed by atoms with Gasteiger partial charge in [-0.25, -0.2) is 4.79 Å². The average Bonchev–Trinajstić information content (AvgIpc) is 2.53. The van der Waals surface area contributed by atoms with Gasteiger partial charge in [-0.3, -0.25) is 9.69 Å². The lowest BCUT2D eigenvalue weighted by atomic mass is 10.2. The lowest BCUT2D eigenvalue weighted by molar-refractivity contribution is -0.116. The van der Waals surface area contributed by atoms with Crippen molar-refractivity contribution in [1.82, 2.24) is 4.98 Å². The van der Waals surface area contributed by atoms with E-state index in [1.54, 1.807) is 24.3 Å². The van der Waals surface area contributed by atoms with Crippen molar-refractivity contribution in [3.63, 3.8) is 0 Å². The van der Waals surface area contributed by atoms with Crippen LogP contribution < -0.4 is 10.5 Å². The Labute approximate surface area is 126 Å². The number of nitrogens with zero attached hydrogens (tertiary/aromatic N) is 2. The zero-order chi connectivity index (χ0) is 15.5. The van der Waals surface area contributed by atoms with Gasteiger partial charge >= 0.3 is 11.6 Å². The van der Waals surface area contributed by atoms with E-state index in [0.717, 1.165) is 5.56 Å². The summed E-state index contributed by atoms with van der Waals surface area (Å²) in [5, 5.41) is 0.398. The largest absolute Gasteiger partial charge is 0.388 e. The van der Waals surface area contributed by atoms with E-state index >= 15 is 0 Å². The van der Waals surface area contributed by atoms with Crippen LogP contribution in [0.4, 0.5) is 6.01 Å². The molecular weight excluding hydrogens is 280 g/mol. The molecule has 0 spiro atoms. The van der Waals surface area contributed by atoms with Gasteiger partial charge in [0.05, 0.1) is 17.4 Å². The smallest absolute Gasteiger partial charge is 0.348 e. The molecule has 1 heterocycles. The number of benzene rings is 2. The van der Waals surface area contributed by atoms with E-state index in [2.05, 4.69) is 4.98 Å². The Morgan fingerprint density at radius 3 is 2.50 bits per heavy atom. The van der Waals surface area contributed by atoms with Crippen molar-refractivity contribution in [2.45, 2.75) is 13.5 Å². The van der Waals surface area contributed by atoms with Gasteiger partial charge in [-0.15, -0.1) is 0 Å². The normalized spacial score (nSPS) is 10.6. The predicted molar refractivity (Wildman–Crippen MR) is 83.6 cm³/mol. The summed E-state index contributed by atoms with van der Waals surface area (Å²) in [5.74, 6) is -0.241. The SMILES string of the molecule is CC(=O)N(Cc1ccccc1)c1nc2ccccc2c(=O)o1. The van der Waals surface area contributed by atoms with Crippen LogP contribution in [0.1, 0.15) is 12.5 Å². The molecule has 2 aromatic carbocycles. The monoisotopic (exact) mass is 294 g/mol. The summed E-state index contributed by atoms with van der Waals surface area (Å²) in [6, 6.07) is 16.4. The van der Waals surface area contributed by atoms with Crippen molar-refractivity contribution < 1.29 is 9.21 Å². The molecule has 3 rings (SSSR count). The maximum Gasteiger partial charge on any atom is 0.348 e. The first-order valence-electron chi connectivity index (χ1n) is 6.87. The molecule has 0 saturated heterocycles. The van der Waals surface area contributed by atoms with Gasteiger partial charge in [0.1, 0.15) is 0 Å². The first-order chi connectivity index (χ1) is 10.6. The second-order valence-electron chi connectivity index (χ2n) is 4.89. The summed E-state index contributed by atoms with van der Waals surface area (Å²) in [7, 11) is 0. The van der Waals surface area contributed by atoms with Gasteiger partial charge in [0.25, 0.3) is 0 Å². The van der Waals surface area contributed by atoms with Gasteiger partial charge in [0, 0.05) is 6.92 Å². The highest BCUT2D eigenvalue weighted by Crippen LogP contribution is 2.17. The maximum absolute atomic E-state index is 12.0. The zero-order valence-corrected chi connectivity index (χ0v) is 12.0. The van der Waals surface area contributed by atoms with E-state index in [-0.39, 0.29) is 11.9 Å². The number of amides is 1. The van der Waals surface area contributed by atoms with Crippen molar-refractivity contribution in [2.24, 2.45) is 0 Å². The van der Waals surface area contributed by atoms with Crippen LogP contribution in [0, 0.1) is 0 Å². The number of fused-ring (bicyclic) bond motifs is 1. The molecule has 5 nitrogen and oxygen atoms in total. The first kappa shape index (κ1) is 14.0. The van der Waals surface area contributed by atoms with Crippen LogP contribution in [-0.4, -0.2) is 10.9 Å². The third-order valence-corrected chi connectivity index (χ3v) is 3.32. The Balaban J connectivity index is 2.05. The molecule has 1 amide bonds. The van der Waals surface area contributed by atoms with Crippen LogP contribution >= 0.6 is 0 Å². The number of para-hydroxylation sites is 1. The van der Waals surface area contributed by atoms with E-state index in [1.165, 1.54) is 11.8 Å². The minimum Gasteiger partial charge on any atom is -0.388 e. The molecule has 0 aliphatic carbocycles. The summed E-state index contributed by atoms with van der Waals surface area (Å²) in [6.07, 6.45) is 0. The minimum absolute atomic E-state index is 0.0139. The van der Waals surface area contributed by atoms with Crippen molar-refractivity contribution in [1.29, 1.82) is 0 Å². The number of anilines is 1. The van der Waals surface area contributed by atoms with E-state index in [4.69, 9.17) is 4.42 Å². The fourth-order valence-electron chi connectivity index (χ4n) is 2.20. The summed E-state index contributed by atoms with van der Waals surface area (Å²) < 4.78 is 5.22. The molecule has 110 valence electrons. The lowest BCUT2D eigenvalue weighted by Crippen LogP contribution is -2.29. The van der Waals surface area contributed by atoms with E-state index in [0.29, 0.717) is 17.4 Å². The highest BCUT2D eigenvalue weighted by molar-refractivity contribution is 5.90. The third kappa shape index (κ3) is 2.74. The van der Waals surface area contributed by atoms with Gasteiger partial charge in [-0.2, -0.15) is 4.98 Å². The zero-order valence-electron chi connectivity index (χ0n) is 12.0. The lowest BCUT2D eigenvalue weighted by Gasteiger charge is -2.18. The van der Waals surface area contributed by atoms with Crippen molar-refractivity contribution in [3.8, 4) is 0 Å². The number of hydrogen-bond acceptors (Lipinski definition) is 4. The molecule has 0 radical (unpaired) electrons.